The van der Waals surface area contributed by atoms with Crippen molar-refractivity contribution in [2.75, 3.05) is 5.75 Å². The number of carbonyl (C=O) groups excluding carboxylic acids is 1. The van der Waals surface area contributed by atoms with Crippen LogP contribution in [-0.2, 0) is 6.54 Å². The molecule has 3 aromatic heterocycles. The fraction of sp³-hybridized carbons (Fsp3) is 0.176. The van der Waals surface area contributed by atoms with E-state index < -0.39 is 0 Å². The van der Waals surface area contributed by atoms with Crippen LogP contribution in [0.4, 0.5) is 0 Å². The summed E-state index contributed by atoms with van der Waals surface area (Å²) < 4.78 is 2.40. The number of fused-ring (bicyclic) bond motifs is 1. The molecule has 3 heterocycles. The topological polar surface area (TPSA) is 59.3 Å². The van der Waals surface area contributed by atoms with Crippen LogP contribution in [0.3, 0.4) is 0 Å². The van der Waals surface area contributed by atoms with Crippen molar-refractivity contribution in [3.63, 3.8) is 0 Å². The number of Topliss-reactive ketones (excluding diaryl/α,β-unsaturated/α-hetero) is 1. The number of ketones is 1. The first-order valence-electron chi connectivity index (χ1n) is 7.49. The molecule has 24 heavy (non-hydrogen) atoms. The van der Waals surface area contributed by atoms with Gasteiger partial charge in [-0.25, -0.2) is 4.52 Å². The van der Waals surface area contributed by atoms with E-state index in [9.17, 15) is 4.79 Å². The Labute approximate surface area is 149 Å². The molecule has 0 atom stereocenters. The van der Waals surface area contributed by atoms with Crippen LogP contribution in [0.1, 0.15) is 22.3 Å². The highest BCUT2D eigenvalue weighted by molar-refractivity contribution is 8.22. The molecule has 0 unspecified atom stereocenters. The Morgan fingerprint density at radius 2 is 2.17 bits per heavy atom. The number of nitrogens with zero attached hydrogens (tertiary/aromatic N) is 3. The number of thiocarbonyl (C=S) groups is 1. The molecular weight excluding hydrogens is 340 g/mol. The molecule has 3 rings (SSSR count). The van der Waals surface area contributed by atoms with Gasteiger partial charge in [-0.05, 0) is 23.8 Å². The van der Waals surface area contributed by atoms with Gasteiger partial charge in [0.2, 0.25) is 0 Å². The van der Waals surface area contributed by atoms with E-state index >= 15 is 0 Å². The third kappa shape index (κ3) is 4.18. The SMILES string of the molecule is O=C(CCSC(=S)NCc1cccnc1)c1cnn2ccccc12. The molecule has 1 N–H and O–H groups in total. The smallest absolute Gasteiger partial charge is 0.167 e. The van der Waals surface area contributed by atoms with Crippen LogP contribution in [-0.4, -0.2) is 30.5 Å². The minimum atomic E-state index is 0.0822. The van der Waals surface area contributed by atoms with Crippen molar-refractivity contribution in [3.8, 4) is 0 Å². The molecule has 0 bridgehead atoms. The molecule has 0 amide bonds. The minimum absolute atomic E-state index is 0.0822. The fourth-order valence-electron chi connectivity index (χ4n) is 2.25. The summed E-state index contributed by atoms with van der Waals surface area (Å²) in [4.78, 5) is 16.4. The Morgan fingerprint density at radius 1 is 1.25 bits per heavy atom. The molecule has 0 saturated heterocycles. The quantitative estimate of drug-likeness (QED) is 0.541. The predicted octanol–water partition coefficient (Wildman–Crippen LogP) is 3.11. The highest BCUT2D eigenvalue weighted by atomic mass is 32.2. The lowest BCUT2D eigenvalue weighted by Crippen LogP contribution is -2.18. The molecule has 5 nitrogen and oxygen atoms in total. The Morgan fingerprint density at radius 3 is 3.00 bits per heavy atom. The van der Waals surface area contributed by atoms with E-state index in [1.165, 1.54) is 11.8 Å². The molecule has 3 aromatic rings. The summed E-state index contributed by atoms with van der Waals surface area (Å²) in [6.07, 6.45) is 7.42. The number of pyridine rings is 2. The largest absolute Gasteiger partial charge is 0.367 e. The van der Waals surface area contributed by atoms with Gasteiger partial charge in [0.05, 0.1) is 17.3 Å². The standard InChI is InChI=1S/C17H16N4OS2/c22-16(14-12-20-21-8-2-1-5-15(14)21)6-9-24-17(23)19-11-13-4-3-7-18-10-13/h1-5,7-8,10,12H,6,9,11H2,(H,19,23). The zero-order chi connectivity index (χ0) is 16.8. The van der Waals surface area contributed by atoms with Crippen LogP contribution in [0.25, 0.3) is 5.52 Å². The lowest BCUT2D eigenvalue weighted by molar-refractivity contribution is 0.0991. The average Bonchev–Trinajstić information content (AvgIpc) is 3.05. The fourth-order valence-corrected chi connectivity index (χ4v) is 3.22. The van der Waals surface area contributed by atoms with Gasteiger partial charge in [-0.1, -0.05) is 36.1 Å². The first kappa shape index (κ1) is 16.6. The molecule has 0 aliphatic carbocycles. The van der Waals surface area contributed by atoms with Crippen LogP contribution in [0.2, 0.25) is 0 Å². The van der Waals surface area contributed by atoms with Gasteiger partial charge in [0.1, 0.15) is 4.32 Å². The van der Waals surface area contributed by atoms with Crippen LogP contribution >= 0.6 is 24.0 Å². The van der Waals surface area contributed by atoms with Gasteiger partial charge in [-0.2, -0.15) is 5.10 Å². The van der Waals surface area contributed by atoms with Crippen LogP contribution in [0.15, 0.2) is 55.1 Å². The van der Waals surface area contributed by atoms with E-state index in [1.54, 1.807) is 23.1 Å². The highest BCUT2D eigenvalue weighted by Crippen LogP contribution is 2.14. The van der Waals surface area contributed by atoms with E-state index in [0.717, 1.165) is 11.1 Å². The summed E-state index contributed by atoms with van der Waals surface area (Å²) in [5, 5.41) is 7.35. The number of hydrogen-bond donors (Lipinski definition) is 1. The summed E-state index contributed by atoms with van der Waals surface area (Å²) in [5.41, 5.74) is 2.57. The lowest BCUT2D eigenvalue weighted by atomic mass is 10.1. The molecule has 7 heteroatoms. The maximum Gasteiger partial charge on any atom is 0.167 e. The highest BCUT2D eigenvalue weighted by Gasteiger charge is 2.12. The number of rotatable bonds is 6. The second-order valence-electron chi connectivity index (χ2n) is 5.11. The molecule has 0 spiro atoms. The zero-order valence-corrected chi connectivity index (χ0v) is 14.5. The third-order valence-electron chi connectivity index (χ3n) is 3.45. The summed E-state index contributed by atoms with van der Waals surface area (Å²) in [6.45, 7) is 0.641. The first-order valence-corrected chi connectivity index (χ1v) is 8.88. The third-order valence-corrected chi connectivity index (χ3v) is 4.76. The molecule has 122 valence electrons. The monoisotopic (exact) mass is 356 g/mol. The van der Waals surface area contributed by atoms with Crippen molar-refractivity contribution in [3.05, 3.63) is 66.2 Å². The van der Waals surface area contributed by atoms with Gasteiger partial charge >= 0.3 is 0 Å². The number of nitrogens with one attached hydrogen (secondary N) is 1. The Balaban J connectivity index is 1.46. The lowest BCUT2D eigenvalue weighted by Gasteiger charge is -2.07. The number of aromatic nitrogens is 3. The second-order valence-corrected chi connectivity index (χ2v) is 6.88. The van der Waals surface area contributed by atoms with Crippen molar-refractivity contribution in [2.45, 2.75) is 13.0 Å². The van der Waals surface area contributed by atoms with Crippen molar-refractivity contribution in [1.29, 1.82) is 0 Å². The van der Waals surface area contributed by atoms with Gasteiger partial charge in [0.15, 0.2) is 5.78 Å². The normalized spacial score (nSPS) is 10.7. The second kappa shape index (κ2) is 8.03. The van der Waals surface area contributed by atoms with E-state index in [0.29, 0.717) is 28.6 Å². The van der Waals surface area contributed by atoms with Gasteiger partial charge in [-0.3, -0.25) is 9.78 Å². The summed E-state index contributed by atoms with van der Waals surface area (Å²) in [7, 11) is 0. The van der Waals surface area contributed by atoms with E-state index in [4.69, 9.17) is 12.2 Å². The maximum absolute atomic E-state index is 12.3. The Bertz CT molecular complexity index is 848. The van der Waals surface area contributed by atoms with E-state index in [-0.39, 0.29) is 5.78 Å². The maximum atomic E-state index is 12.3. The van der Waals surface area contributed by atoms with Gasteiger partial charge in [0, 0.05) is 37.3 Å². The predicted molar refractivity (Wildman–Crippen MR) is 100 cm³/mol. The summed E-state index contributed by atoms with van der Waals surface area (Å²) in [5.74, 6) is 0.723. The molecule has 0 aliphatic rings. The number of thioether (sulfide) groups is 1. The van der Waals surface area contributed by atoms with Gasteiger partial charge < -0.3 is 5.32 Å². The van der Waals surface area contributed by atoms with Crippen LogP contribution in [0.5, 0.6) is 0 Å². The van der Waals surface area contributed by atoms with E-state index in [1.807, 2.05) is 36.5 Å². The van der Waals surface area contributed by atoms with Crippen LogP contribution < -0.4 is 5.32 Å². The summed E-state index contributed by atoms with van der Waals surface area (Å²) >= 11 is 6.76. The van der Waals surface area contributed by atoms with Crippen molar-refractivity contribution < 1.29 is 4.79 Å². The molecule has 0 aromatic carbocycles. The number of hydrogen-bond acceptors (Lipinski definition) is 5. The van der Waals surface area contributed by atoms with Crippen molar-refractivity contribution >= 4 is 39.6 Å². The molecule has 0 radical (unpaired) electrons. The summed E-state index contributed by atoms with van der Waals surface area (Å²) in [6, 6.07) is 9.56. The van der Waals surface area contributed by atoms with Crippen LogP contribution in [0, 0.1) is 0 Å². The average molecular weight is 356 g/mol. The van der Waals surface area contributed by atoms with E-state index in [2.05, 4.69) is 15.4 Å². The number of carbonyl (C=O) groups is 1. The van der Waals surface area contributed by atoms with Gasteiger partial charge in [0.25, 0.3) is 0 Å². The molecular formula is C17H16N4OS2. The minimum Gasteiger partial charge on any atom is -0.367 e. The zero-order valence-electron chi connectivity index (χ0n) is 12.9. The molecule has 0 fully saturated rings. The molecule has 0 saturated carbocycles. The Hall–Kier alpha value is -2.25. The molecule has 0 aliphatic heterocycles. The van der Waals surface area contributed by atoms with Crippen molar-refractivity contribution in [1.82, 2.24) is 19.9 Å². The first-order chi connectivity index (χ1) is 11.7. The van der Waals surface area contributed by atoms with Crippen molar-refractivity contribution in [2.24, 2.45) is 0 Å². The van der Waals surface area contributed by atoms with Gasteiger partial charge in [-0.15, -0.1) is 0 Å². The Kier molecular flexibility index (Phi) is 5.55.